The molecular formula is C9H6Cl2N2. The second-order valence-corrected chi connectivity index (χ2v) is 3.45. The van der Waals surface area contributed by atoms with Crippen molar-refractivity contribution in [2.45, 2.75) is 6.92 Å². The van der Waals surface area contributed by atoms with Crippen molar-refractivity contribution in [2.24, 2.45) is 0 Å². The van der Waals surface area contributed by atoms with Crippen LogP contribution >= 0.6 is 23.2 Å². The van der Waals surface area contributed by atoms with Crippen molar-refractivity contribution >= 4 is 34.2 Å². The van der Waals surface area contributed by atoms with Gasteiger partial charge in [0.25, 0.3) is 0 Å². The number of hydrogen-bond donors (Lipinski definition) is 0. The van der Waals surface area contributed by atoms with Crippen LogP contribution in [-0.2, 0) is 0 Å². The second-order valence-electron chi connectivity index (χ2n) is 2.71. The van der Waals surface area contributed by atoms with Gasteiger partial charge in [-0.2, -0.15) is 0 Å². The van der Waals surface area contributed by atoms with Gasteiger partial charge in [-0.15, -0.1) is 0 Å². The third-order valence-corrected chi connectivity index (χ3v) is 2.68. The number of halogens is 2. The Labute approximate surface area is 85.5 Å². The Morgan fingerprint density at radius 1 is 1.31 bits per heavy atom. The van der Waals surface area contributed by atoms with Gasteiger partial charge in [-0.3, -0.25) is 4.98 Å². The Hall–Kier alpha value is -0.860. The molecule has 0 aromatic carbocycles. The Morgan fingerprint density at radius 2 is 2.08 bits per heavy atom. The lowest BCUT2D eigenvalue weighted by Gasteiger charge is -2.03. The number of aromatic nitrogens is 2. The number of fused-ring (bicyclic) bond motifs is 1. The van der Waals surface area contributed by atoms with Gasteiger partial charge in [-0.25, -0.2) is 4.98 Å². The molecular weight excluding hydrogens is 207 g/mol. The summed E-state index contributed by atoms with van der Waals surface area (Å²) in [4.78, 5) is 8.28. The maximum Gasteiger partial charge on any atom is 0.134 e. The van der Waals surface area contributed by atoms with Crippen molar-refractivity contribution in [1.29, 1.82) is 0 Å². The summed E-state index contributed by atoms with van der Waals surface area (Å²) in [5.74, 6) is 0. The SMILES string of the molecule is Cc1c(Cl)nc2cccnc2c1Cl. The number of nitrogens with zero attached hydrogens (tertiary/aromatic N) is 2. The Balaban J connectivity index is 2.94. The number of rotatable bonds is 0. The molecule has 2 heterocycles. The lowest BCUT2D eigenvalue weighted by Crippen LogP contribution is -1.88. The van der Waals surface area contributed by atoms with Crippen LogP contribution in [0.2, 0.25) is 10.2 Å². The first-order valence-electron chi connectivity index (χ1n) is 3.76. The first-order chi connectivity index (χ1) is 6.20. The van der Waals surface area contributed by atoms with Crippen LogP contribution in [0.25, 0.3) is 11.0 Å². The van der Waals surface area contributed by atoms with Crippen LogP contribution < -0.4 is 0 Å². The van der Waals surface area contributed by atoms with Crippen molar-refractivity contribution in [2.75, 3.05) is 0 Å². The van der Waals surface area contributed by atoms with Gasteiger partial charge in [0, 0.05) is 11.8 Å². The summed E-state index contributed by atoms with van der Waals surface area (Å²) in [6.07, 6.45) is 1.68. The van der Waals surface area contributed by atoms with Gasteiger partial charge in [0.05, 0.1) is 10.5 Å². The molecule has 0 aliphatic heterocycles. The van der Waals surface area contributed by atoms with Crippen LogP contribution in [0, 0.1) is 6.92 Å². The molecule has 0 saturated carbocycles. The van der Waals surface area contributed by atoms with Crippen LogP contribution in [-0.4, -0.2) is 9.97 Å². The van der Waals surface area contributed by atoms with Crippen molar-refractivity contribution < 1.29 is 0 Å². The molecule has 0 atom stereocenters. The molecule has 2 aromatic heterocycles. The summed E-state index contributed by atoms with van der Waals surface area (Å²) < 4.78 is 0. The highest BCUT2D eigenvalue weighted by molar-refractivity contribution is 6.38. The topological polar surface area (TPSA) is 25.8 Å². The average Bonchev–Trinajstić information content (AvgIpc) is 2.15. The minimum atomic E-state index is 0.436. The molecule has 2 nitrogen and oxygen atoms in total. The quantitative estimate of drug-likeness (QED) is 0.627. The summed E-state index contributed by atoms with van der Waals surface area (Å²) in [5.41, 5.74) is 2.20. The fourth-order valence-corrected chi connectivity index (χ4v) is 1.58. The lowest BCUT2D eigenvalue weighted by molar-refractivity contribution is 1.29. The fraction of sp³-hybridized carbons (Fsp3) is 0.111. The van der Waals surface area contributed by atoms with Crippen LogP contribution in [0.15, 0.2) is 18.3 Å². The normalized spacial score (nSPS) is 10.7. The average molecular weight is 213 g/mol. The van der Waals surface area contributed by atoms with Gasteiger partial charge in [0.2, 0.25) is 0 Å². The zero-order valence-corrected chi connectivity index (χ0v) is 8.39. The van der Waals surface area contributed by atoms with Gasteiger partial charge in [-0.05, 0) is 19.1 Å². The van der Waals surface area contributed by atoms with E-state index in [1.807, 2.05) is 13.0 Å². The monoisotopic (exact) mass is 212 g/mol. The highest BCUT2D eigenvalue weighted by Crippen LogP contribution is 2.27. The third-order valence-electron chi connectivity index (χ3n) is 1.85. The minimum absolute atomic E-state index is 0.436. The smallest absolute Gasteiger partial charge is 0.134 e. The zero-order valence-electron chi connectivity index (χ0n) is 6.88. The van der Waals surface area contributed by atoms with E-state index in [1.54, 1.807) is 12.3 Å². The first-order valence-corrected chi connectivity index (χ1v) is 4.52. The molecule has 0 saturated heterocycles. The van der Waals surface area contributed by atoms with Gasteiger partial charge in [0.15, 0.2) is 0 Å². The van der Waals surface area contributed by atoms with E-state index in [0.29, 0.717) is 15.7 Å². The predicted octanol–water partition coefficient (Wildman–Crippen LogP) is 3.25. The van der Waals surface area contributed by atoms with Crippen molar-refractivity contribution in [3.8, 4) is 0 Å². The van der Waals surface area contributed by atoms with Crippen LogP contribution in [0.1, 0.15) is 5.56 Å². The molecule has 66 valence electrons. The van der Waals surface area contributed by atoms with Crippen molar-refractivity contribution in [1.82, 2.24) is 9.97 Å². The largest absolute Gasteiger partial charge is 0.253 e. The summed E-state index contributed by atoms with van der Waals surface area (Å²) in [7, 11) is 0. The molecule has 0 unspecified atom stereocenters. The summed E-state index contributed by atoms with van der Waals surface area (Å²) >= 11 is 11.9. The number of pyridine rings is 2. The summed E-state index contributed by atoms with van der Waals surface area (Å²) in [6, 6.07) is 3.64. The molecule has 2 rings (SSSR count). The van der Waals surface area contributed by atoms with Gasteiger partial charge in [0.1, 0.15) is 10.7 Å². The van der Waals surface area contributed by atoms with E-state index in [4.69, 9.17) is 23.2 Å². The van der Waals surface area contributed by atoms with Crippen LogP contribution in [0.3, 0.4) is 0 Å². The predicted molar refractivity (Wildman–Crippen MR) is 54.3 cm³/mol. The number of hydrogen-bond acceptors (Lipinski definition) is 2. The zero-order chi connectivity index (χ0) is 9.42. The van der Waals surface area contributed by atoms with Crippen molar-refractivity contribution in [3.63, 3.8) is 0 Å². The van der Waals surface area contributed by atoms with E-state index in [0.717, 1.165) is 11.1 Å². The Kier molecular flexibility index (Phi) is 2.10. The maximum atomic E-state index is 6.04. The minimum Gasteiger partial charge on any atom is -0.253 e. The van der Waals surface area contributed by atoms with E-state index >= 15 is 0 Å². The molecule has 0 radical (unpaired) electrons. The van der Waals surface area contributed by atoms with E-state index < -0.39 is 0 Å². The van der Waals surface area contributed by atoms with E-state index in [-0.39, 0.29) is 0 Å². The highest BCUT2D eigenvalue weighted by Gasteiger charge is 2.08. The van der Waals surface area contributed by atoms with E-state index in [1.165, 1.54) is 0 Å². The first kappa shape index (κ1) is 8.73. The fourth-order valence-electron chi connectivity index (χ4n) is 1.11. The summed E-state index contributed by atoms with van der Waals surface area (Å²) in [6.45, 7) is 1.83. The van der Waals surface area contributed by atoms with E-state index in [2.05, 4.69) is 9.97 Å². The van der Waals surface area contributed by atoms with Crippen molar-refractivity contribution in [3.05, 3.63) is 34.1 Å². The second kappa shape index (κ2) is 3.13. The summed E-state index contributed by atoms with van der Waals surface area (Å²) in [5, 5.41) is 1.01. The molecule has 0 N–H and O–H groups in total. The molecule has 0 bridgehead atoms. The highest BCUT2D eigenvalue weighted by atomic mass is 35.5. The standard InChI is InChI=1S/C9H6Cl2N2/c1-5-7(10)8-6(13-9(5)11)3-2-4-12-8/h2-4H,1H3. The third kappa shape index (κ3) is 1.36. The van der Waals surface area contributed by atoms with Gasteiger partial charge in [-0.1, -0.05) is 23.2 Å². The molecule has 0 aliphatic carbocycles. The maximum absolute atomic E-state index is 6.04. The molecule has 0 spiro atoms. The Morgan fingerprint density at radius 3 is 2.85 bits per heavy atom. The van der Waals surface area contributed by atoms with Crippen LogP contribution in [0.5, 0.6) is 0 Å². The molecule has 0 aliphatic rings. The van der Waals surface area contributed by atoms with E-state index in [9.17, 15) is 0 Å². The molecule has 2 aromatic rings. The Bertz CT molecular complexity index is 468. The molecule has 0 fully saturated rings. The molecule has 4 heteroatoms. The van der Waals surface area contributed by atoms with Crippen LogP contribution in [0.4, 0.5) is 0 Å². The molecule has 0 amide bonds. The molecule has 13 heavy (non-hydrogen) atoms. The lowest BCUT2D eigenvalue weighted by atomic mass is 10.2. The van der Waals surface area contributed by atoms with Gasteiger partial charge >= 0.3 is 0 Å². The van der Waals surface area contributed by atoms with Gasteiger partial charge < -0.3 is 0 Å².